The van der Waals surface area contributed by atoms with Gasteiger partial charge >= 0.3 is 0 Å². The quantitative estimate of drug-likeness (QED) is 0.789. The summed E-state index contributed by atoms with van der Waals surface area (Å²) in [7, 11) is 0. The average molecular weight is 382 g/mol. The van der Waals surface area contributed by atoms with Crippen molar-refractivity contribution in [1.29, 1.82) is 0 Å². The highest BCUT2D eigenvalue weighted by molar-refractivity contribution is 5.49. The number of nitrogens with zero attached hydrogens (tertiary/aromatic N) is 5. The SMILES string of the molecule is CCC[C@H]1[C@H]2C[C@H](CN(Cc3nnc(-c4cccnc4)o3)C2)[C@@H]2CCCCN21. The van der Waals surface area contributed by atoms with Gasteiger partial charge in [0.25, 0.3) is 0 Å². The first kappa shape index (κ1) is 18.3. The van der Waals surface area contributed by atoms with E-state index in [1.807, 2.05) is 12.1 Å². The van der Waals surface area contributed by atoms with E-state index in [-0.39, 0.29) is 0 Å². The van der Waals surface area contributed by atoms with Gasteiger partial charge in [-0.15, -0.1) is 10.2 Å². The zero-order chi connectivity index (χ0) is 18.9. The molecule has 0 saturated carbocycles. The summed E-state index contributed by atoms with van der Waals surface area (Å²) in [4.78, 5) is 9.62. The van der Waals surface area contributed by atoms with Crippen LogP contribution in [-0.4, -0.2) is 56.7 Å². The molecule has 2 aromatic heterocycles. The molecule has 150 valence electrons. The molecule has 0 radical (unpaired) electrons. The van der Waals surface area contributed by atoms with Crippen LogP contribution in [0.3, 0.4) is 0 Å². The third-order valence-electron chi connectivity index (χ3n) is 7.02. The Morgan fingerprint density at radius 2 is 2.11 bits per heavy atom. The summed E-state index contributed by atoms with van der Waals surface area (Å²) in [5, 5.41) is 8.56. The summed E-state index contributed by atoms with van der Waals surface area (Å²) in [5.74, 6) is 2.88. The lowest BCUT2D eigenvalue weighted by atomic mass is 9.71. The second-order valence-corrected chi connectivity index (χ2v) is 8.85. The molecule has 0 N–H and O–H groups in total. The second-order valence-electron chi connectivity index (χ2n) is 8.85. The fourth-order valence-electron chi connectivity index (χ4n) is 5.94. The van der Waals surface area contributed by atoms with Gasteiger partial charge in [-0.25, -0.2) is 0 Å². The lowest BCUT2D eigenvalue weighted by molar-refractivity contribution is -0.0769. The van der Waals surface area contributed by atoms with Gasteiger partial charge in [-0.05, 0) is 56.2 Å². The van der Waals surface area contributed by atoms with Gasteiger partial charge in [-0.2, -0.15) is 0 Å². The van der Waals surface area contributed by atoms with Gasteiger partial charge in [0.15, 0.2) is 0 Å². The summed E-state index contributed by atoms with van der Waals surface area (Å²) >= 11 is 0. The highest BCUT2D eigenvalue weighted by Gasteiger charge is 2.46. The van der Waals surface area contributed by atoms with Crippen molar-refractivity contribution in [2.45, 2.75) is 64.1 Å². The van der Waals surface area contributed by atoms with Crippen molar-refractivity contribution in [3.05, 3.63) is 30.4 Å². The lowest BCUT2D eigenvalue weighted by Crippen LogP contribution is -2.63. The van der Waals surface area contributed by atoms with Crippen molar-refractivity contribution in [2.24, 2.45) is 11.8 Å². The lowest BCUT2D eigenvalue weighted by Gasteiger charge is -2.57. The summed E-state index contributed by atoms with van der Waals surface area (Å²) in [6.45, 7) is 6.76. The maximum Gasteiger partial charge on any atom is 0.249 e. The molecule has 3 aliphatic heterocycles. The molecule has 0 aromatic carbocycles. The monoisotopic (exact) mass is 381 g/mol. The molecular formula is C22H31N5O. The van der Waals surface area contributed by atoms with E-state index in [4.69, 9.17) is 4.42 Å². The van der Waals surface area contributed by atoms with Gasteiger partial charge in [-0.3, -0.25) is 14.8 Å². The van der Waals surface area contributed by atoms with Crippen molar-refractivity contribution >= 4 is 0 Å². The van der Waals surface area contributed by atoms with Crippen LogP contribution >= 0.6 is 0 Å². The first-order valence-corrected chi connectivity index (χ1v) is 11.0. The third-order valence-corrected chi connectivity index (χ3v) is 7.02. The van der Waals surface area contributed by atoms with Crippen LogP contribution in [0.25, 0.3) is 11.5 Å². The normalized spacial score (nSPS) is 30.9. The van der Waals surface area contributed by atoms with E-state index < -0.39 is 0 Å². The molecule has 2 aromatic rings. The van der Waals surface area contributed by atoms with Gasteiger partial charge in [0, 0.05) is 37.6 Å². The van der Waals surface area contributed by atoms with Crippen LogP contribution in [-0.2, 0) is 6.54 Å². The maximum atomic E-state index is 5.96. The zero-order valence-electron chi connectivity index (χ0n) is 16.8. The highest BCUT2D eigenvalue weighted by atomic mass is 16.4. The van der Waals surface area contributed by atoms with Gasteiger partial charge in [0.05, 0.1) is 12.1 Å². The van der Waals surface area contributed by atoms with Gasteiger partial charge in [0.2, 0.25) is 11.8 Å². The Hall–Kier alpha value is -1.79. The Kier molecular flexibility index (Phi) is 5.16. The topological polar surface area (TPSA) is 58.3 Å². The molecule has 4 atom stereocenters. The van der Waals surface area contributed by atoms with E-state index in [2.05, 4.69) is 31.9 Å². The second kappa shape index (κ2) is 7.91. The Bertz CT molecular complexity index is 778. The molecule has 3 fully saturated rings. The Morgan fingerprint density at radius 1 is 1.18 bits per heavy atom. The molecule has 0 unspecified atom stereocenters. The number of likely N-dealkylation sites (tertiary alicyclic amines) is 1. The van der Waals surface area contributed by atoms with Gasteiger partial charge < -0.3 is 4.42 Å². The van der Waals surface area contributed by atoms with Crippen LogP contribution in [0.5, 0.6) is 0 Å². The first-order valence-electron chi connectivity index (χ1n) is 11.0. The zero-order valence-corrected chi connectivity index (χ0v) is 16.8. The van der Waals surface area contributed by atoms with Gasteiger partial charge in [-0.1, -0.05) is 19.8 Å². The Labute approximate surface area is 167 Å². The van der Waals surface area contributed by atoms with E-state index in [0.29, 0.717) is 5.89 Å². The predicted octanol–water partition coefficient (Wildman–Crippen LogP) is 3.61. The fraction of sp³-hybridized carbons (Fsp3) is 0.682. The van der Waals surface area contributed by atoms with E-state index >= 15 is 0 Å². The molecule has 6 nitrogen and oxygen atoms in total. The molecule has 3 saturated heterocycles. The third kappa shape index (κ3) is 3.48. The van der Waals surface area contributed by atoms with Crippen LogP contribution in [0.4, 0.5) is 0 Å². The number of piperidine rings is 3. The number of pyridine rings is 1. The van der Waals surface area contributed by atoms with E-state index in [9.17, 15) is 0 Å². The van der Waals surface area contributed by atoms with Crippen molar-refractivity contribution in [1.82, 2.24) is 25.0 Å². The Balaban J connectivity index is 1.31. The molecule has 0 amide bonds. The minimum atomic E-state index is 0.572. The molecular weight excluding hydrogens is 350 g/mol. The molecule has 2 bridgehead atoms. The molecule has 5 heterocycles. The number of hydrogen-bond acceptors (Lipinski definition) is 6. The van der Waals surface area contributed by atoms with E-state index in [1.54, 1.807) is 12.4 Å². The molecule has 5 rings (SSSR count). The first-order chi connectivity index (χ1) is 13.8. The van der Waals surface area contributed by atoms with E-state index in [0.717, 1.165) is 48.5 Å². The van der Waals surface area contributed by atoms with Crippen LogP contribution in [0, 0.1) is 11.8 Å². The van der Waals surface area contributed by atoms with Gasteiger partial charge in [0.1, 0.15) is 0 Å². The van der Waals surface area contributed by atoms with Crippen LogP contribution in [0.1, 0.15) is 51.3 Å². The van der Waals surface area contributed by atoms with Crippen LogP contribution in [0.2, 0.25) is 0 Å². The summed E-state index contributed by atoms with van der Waals surface area (Å²) < 4.78 is 5.96. The van der Waals surface area contributed by atoms with Crippen LogP contribution in [0.15, 0.2) is 28.9 Å². The molecule has 0 aliphatic carbocycles. The Morgan fingerprint density at radius 3 is 2.96 bits per heavy atom. The minimum absolute atomic E-state index is 0.572. The summed E-state index contributed by atoms with van der Waals surface area (Å²) in [5.41, 5.74) is 0.887. The molecule has 3 aliphatic rings. The van der Waals surface area contributed by atoms with Crippen molar-refractivity contribution in [3.8, 4) is 11.5 Å². The average Bonchev–Trinajstić information content (AvgIpc) is 3.20. The number of hydrogen-bond donors (Lipinski definition) is 0. The number of fused-ring (bicyclic) bond motifs is 4. The smallest absolute Gasteiger partial charge is 0.249 e. The highest BCUT2D eigenvalue weighted by Crippen LogP contribution is 2.42. The van der Waals surface area contributed by atoms with E-state index in [1.165, 1.54) is 51.6 Å². The fourth-order valence-corrected chi connectivity index (χ4v) is 5.94. The summed E-state index contributed by atoms with van der Waals surface area (Å²) in [6.07, 6.45) is 11.7. The minimum Gasteiger partial charge on any atom is -0.419 e. The maximum absolute atomic E-state index is 5.96. The number of aromatic nitrogens is 3. The number of rotatable bonds is 5. The standard InChI is InChI=1S/C22H31N5O/c1-2-6-19-17-11-18(20-8-3-4-10-27(19)20)14-26(13-17)15-21-24-25-22(28-21)16-7-5-9-23-12-16/h5,7,9,12,17-20H,2-4,6,8,10-11,13-15H2,1H3/t17-,18+,19-,20-/m0/s1. The molecule has 0 spiro atoms. The molecule has 6 heteroatoms. The molecule has 28 heavy (non-hydrogen) atoms. The van der Waals surface area contributed by atoms with Crippen molar-refractivity contribution in [3.63, 3.8) is 0 Å². The van der Waals surface area contributed by atoms with Crippen molar-refractivity contribution in [2.75, 3.05) is 19.6 Å². The van der Waals surface area contributed by atoms with Crippen LogP contribution < -0.4 is 0 Å². The predicted molar refractivity (Wildman–Crippen MR) is 107 cm³/mol. The summed E-state index contributed by atoms with van der Waals surface area (Å²) in [6, 6.07) is 5.42. The van der Waals surface area contributed by atoms with Crippen molar-refractivity contribution < 1.29 is 4.42 Å². The largest absolute Gasteiger partial charge is 0.419 e.